The predicted molar refractivity (Wildman–Crippen MR) is 78.8 cm³/mol. The number of thiocarbonyl (C=S) groups is 1. The molecule has 0 saturated heterocycles. The van der Waals surface area contributed by atoms with Crippen LogP contribution in [0.15, 0.2) is 22.7 Å². The zero-order valence-corrected chi connectivity index (χ0v) is 12.3. The van der Waals surface area contributed by atoms with E-state index in [0.717, 1.165) is 6.42 Å². The van der Waals surface area contributed by atoms with Crippen LogP contribution in [0.2, 0.25) is 0 Å². The summed E-state index contributed by atoms with van der Waals surface area (Å²) < 4.78 is 0.715. The lowest BCUT2D eigenvalue weighted by Gasteiger charge is -2.16. The zero-order valence-electron chi connectivity index (χ0n) is 9.94. The van der Waals surface area contributed by atoms with Crippen LogP contribution in [0.3, 0.4) is 0 Å². The molecule has 0 aliphatic carbocycles. The standard InChI is InChI=1S/C12H15BrN2O2S/c1-2-8(6-11(14)18)15-12(17)9-4-3-7(13)5-10(9)16/h3-5,8,16H,2,6H2,1H3,(H2,14,18)(H,15,17). The van der Waals surface area contributed by atoms with Gasteiger partial charge in [-0.15, -0.1) is 0 Å². The topological polar surface area (TPSA) is 75.3 Å². The minimum Gasteiger partial charge on any atom is -0.507 e. The lowest BCUT2D eigenvalue weighted by Crippen LogP contribution is -2.37. The molecule has 6 heteroatoms. The third kappa shape index (κ3) is 4.27. The number of hydrogen-bond donors (Lipinski definition) is 3. The molecule has 0 heterocycles. The maximum atomic E-state index is 12.0. The SMILES string of the molecule is CCC(CC(N)=S)NC(=O)c1ccc(Br)cc1O. The fraction of sp³-hybridized carbons (Fsp3) is 0.333. The van der Waals surface area contributed by atoms with Crippen molar-refractivity contribution in [3.05, 3.63) is 28.2 Å². The van der Waals surface area contributed by atoms with E-state index in [0.29, 0.717) is 15.9 Å². The molecule has 18 heavy (non-hydrogen) atoms. The summed E-state index contributed by atoms with van der Waals surface area (Å²) in [6.07, 6.45) is 1.18. The van der Waals surface area contributed by atoms with Crippen LogP contribution in [0.5, 0.6) is 5.75 Å². The summed E-state index contributed by atoms with van der Waals surface area (Å²) in [6, 6.07) is 4.62. The van der Waals surface area contributed by atoms with Gasteiger partial charge in [0.15, 0.2) is 0 Å². The van der Waals surface area contributed by atoms with Gasteiger partial charge in [-0.1, -0.05) is 35.1 Å². The van der Waals surface area contributed by atoms with E-state index in [4.69, 9.17) is 18.0 Å². The second-order valence-corrected chi connectivity index (χ2v) is 5.35. The van der Waals surface area contributed by atoms with Crippen LogP contribution in [0.25, 0.3) is 0 Å². The number of nitrogens with two attached hydrogens (primary N) is 1. The van der Waals surface area contributed by atoms with Gasteiger partial charge >= 0.3 is 0 Å². The number of benzene rings is 1. The highest BCUT2D eigenvalue weighted by atomic mass is 79.9. The molecule has 0 fully saturated rings. The smallest absolute Gasteiger partial charge is 0.255 e. The molecule has 1 aromatic carbocycles. The summed E-state index contributed by atoms with van der Waals surface area (Å²) in [6.45, 7) is 1.94. The fourth-order valence-electron chi connectivity index (χ4n) is 1.50. The molecule has 1 rings (SSSR count). The van der Waals surface area contributed by atoms with E-state index in [1.807, 2.05) is 6.92 Å². The van der Waals surface area contributed by atoms with Crippen molar-refractivity contribution in [1.29, 1.82) is 0 Å². The number of rotatable bonds is 5. The summed E-state index contributed by atoms with van der Waals surface area (Å²) >= 11 is 8.04. The first-order valence-corrected chi connectivity index (χ1v) is 6.71. The number of nitrogens with one attached hydrogen (secondary N) is 1. The molecular weight excluding hydrogens is 316 g/mol. The molecule has 4 nitrogen and oxygen atoms in total. The fourth-order valence-corrected chi connectivity index (χ4v) is 2.05. The summed E-state index contributed by atoms with van der Waals surface area (Å²) in [7, 11) is 0. The minimum atomic E-state index is -0.330. The Morgan fingerprint density at radius 1 is 1.61 bits per heavy atom. The molecule has 1 aromatic rings. The molecule has 1 unspecified atom stereocenters. The number of phenolic OH excluding ortho intramolecular Hbond substituents is 1. The summed E-state index contributed by atoms with van der Waals surface area (Å²) in [5.41, 5.74) is 5.69. The Bertz CT molecular complexity index is 465. The number of aromatic hydroxyl groups is 1. The molecule has 4 N–H and O–H groups in total. The third-order valence-corrected chi connectivity index (χ3v) is 3.14. The Labute approximate surface area is 120 Å². The average Bonchev–Trinajstić information content (AvgIpc) is 2.27. The largest absolute Gasteiger partial charge is 0.507 e. The van der Waals surface area contributed by atoms with E-state index < -0.39 is 0 Å². The number of hydrogen-bond acceptors (Lipinski definition) is 3. The lowest BCUT2D eigenvalue weighted by molar-refractivity contribution is 0.0934. The van der Waals surface area contributed by atoms with E-state index >= 15 is 0 Å². The molecule has 0 aliphatic rings. The molecule has 1 amide bonds. The lowest BCUT2D eigenvalue weighted by atomic mass is 10.1. The summed E-state index contributed by atoms with van der Waals surface area (Å²) in [5, 5.41) is 12.5. The molecular formula is C12H15BrN2O2S. The monoisotopic (exact) mass is 330 g/mol. The van der Waals surface area contributed by atoms with Gasteiger partial charge in [0.05, 0.1) is 10.6 Å². The Morgan fingerprint density at radius 3 is 2.78 bits per heavy atom. The molecule has 0 saturated carbocycles. The van der Waals surface area contributed by atoms with E-state index in [1.54, 1.807) is 12.1 Å². The highest BCUT2D eigenvalue weighted by molar-refractivity contribution is 9.10. The Balaban J connectivity index is 2.77. The highest BCUT2D eigenvalue weighted by Gasteiger charge is 2.16. The molecule has 0 spiro atoms. The first-order valence-electron chi connectivity index (χ1n) is 5.51. The molecule has 1 atom stereocenters. The van der Waals surface area contributed by atoms with E-state index in [-0.39, 0.29) is 23.3 Å². The van der Waals surface area contributed by atoms with Crippen molar-refractivity contribution < 1.29 is 9.90 Å². The van der Waals surface area contributed by atoms with E-state index in [1.165, 1.54) is 6.07 Å². The maximum Gasteiger partial charge on any atom is 0.255 e. The van der Waals surface area contributed by atoms with Crippen LogP contribution in [-0.2, 0) is 0 Å². The quantitative estimate of drug-likeness (QED) is 0.724. The van der Waals surface area contributed by atoms with Crippen molar-refractivity contribution in [1.82, 2.24) is 5.32 Å². The van der Waals surface area contributed by atoms with Crippen LogP contribution in [0.4, 0.5) is 0 Å². The van der Waals surface area contributed by atoms with Crippen molar-refractivity contribution in [3.63, 3.8) is 0 Å². The van der Waals surface area contributed by atoms with Gasteiger partial charge in [0, 0.05) is 16.9 Å². The Kier molecular flexibility index (Phi) is 5.55. The number of phenols is 1. The van der Waals surface area contributed by atoms with Crippen molar-refractivity contribution >= 4 is 39.0 Å². The number of amides is 1. The van der Waals surface area contributed by atoms with Crippen molar-refractivity contribution in [2.24, 2.45) is 5.73 Å². The first-order chi connectivity index (χ1) is 8.43. The Morgan fingerprint density at radius 2 is 2.28 bits per heavy atom. The second kappa shape index (κ2) is 6.70. The highest BCUT2D eigenvalue weighted by Crippen LogP contribution is 2.22. The molecule has 0 bridgehead atoms. The van der Waals surface area contributed by atoms with Crippen LogP contribution in [-0.4, -0.2) is 22.0 Å². The van der Waals surface area contributed by atoms with Crippen LogP contribution in [0.1, 0.15) is 30.1 Å². The van der Waals surface area contributed by atoms with Crippen LogP contribution in [0, 0.1) is 0 Å². The number of carbonyl (C=O) groups is 1. The van der Waals surface area contributed by atoms with Gasteiger partial charge in [0.2, 0.25) is 0 Å². The second-order valence-electron chi connectivity index (χ2n) is 3.91. The van der Waals surface area contributed by atoms with Crippen molar-refractivity contribution in [2.45, 2.75) is 25.8 Å². The van der Waals surface area contributed by atoms with Gasteiger partial charge in [-0.2, -0.15) is 0 Å². The molecule has 0 radical (unpaired) electrons. The summed E-state index contributed by atoms with van der Waals surface area (Å²) in [4.78, 5) is 12.3. The molecule has 0 aliphatic heterocycles. The van der Waals surface area contributed by atoms with Crippen LogP contribution < -0.4 is 11.1 Å². The third-order valence-electron chi connectivity index (χ3n) is 2.48. The van der Waals surface area contributed by atoms with Crippen molar-refractivity contribution in [3.8, 4) is 5.75 Å². The van der Waals surface area contributed by atoms with Gasteiger partial charge < -0.3 is 16.2 Å². The van der Waals surface area contributed by atoms with Gasteiger partial charge in [0.1, 0.15) is 5.75 Å². The van der Waals surface area contributed by atoms with E-state index in [2.05, 4.69) is 21.2 Å². The maximum absolute atomic E-state index is 12.0. The van der Waals surface area contributed by atoms with Gasteiger partial charge in [-0.05, 0) is 24.6 Å². The normalized spacial score (nSPS) is 11.9. The van der Waals surface area contributed by atoms with Gasteiger partial charge in [-0.3, -0.25) is 4.79 Å². The van der Waals surface area contributed by atoms with E-state index in [9.17, 15) is 9.90 Å². The molecule has 98 valence electrons. The summed E-state index contributed by atoms with van der Waals surface area (Å²) in [5.74, 6) is -0.393. The van der Waals surface area contributed by atoms with Gasteiger partial charge in [0.25, 0.3) is 5.91 Å². The minimum absolute atomic E-state index is 0.0629. The van der Waals surface area contributed by atoms with Crippen LogP contribution >= 0.6 is 28.1 Å². The Hall–Kier alpha value is -1.14. The molecule has 0 aromatic heterocycles. The zero-order chi connectivity index (χ0) is 13.7. The predicted octanol–water partition coefficient (Wildman–Crippen LogP) is 2.34. The average molecular weight is 331 g/mol. The number of carbonyl (C=O) groups excluding carboxylic acids is 1. The first kappa shape index (κ1) is 14.9. The van der Waals surface area contributed by atoms with Crippen molar-refractivity contribution in [2.75, 3.05) is 0 Å². The van der Waals surface area contributed by atoms with Gasteiger partial charge in [-0.25, -0.2) is 0 Å². The number of halogens is 1.